The van der Waals surface area contributed by atoms with E-state index in [-0.39, 0.29) is 0 Å². The molecule has 1 N–H and O–H groups in total. The molecular weight excluding hydrogens is 206 g/mol. The van der Waals surface area contributed by atoms with Crippen molar-refractivity contribution >= 4 is 0 Å². The van der Waals surface area contributed by atoms with Gasteiger partial charge in [-0.1, -0.05) is 5.11 Å². The summed E-state index contributed by atoms with van der Waals surface area (Å²) in [7, 11) is 0. The van der Waals surface area contributed by atoms with Crippen molar-refractivity contribution in [2.75, 3.05) is 26.3 Å². The van der Waals surface area contributed by atoms with Crippen molar-refractivity contribution in [1.29, 1.82) is 5.26 Å². The summed E-state index contributed by atoms with van der Waals surface area (Å²) in [5, 5.41) is 15.9. The number of nitrogens with one attached hydrogen (secondary N) is 1. The van der Waals surface area contributed by atoms with Crippen LogP contribution >= 0.6 is 0 Å². The van der Waals surface area contributed by atoms with E-state index in [2.05, 4.69) is 21.4 Å². The van der Waals surface area contributed by atoms with E-state index < -0.39 is 5.54 Å². The largest absolute Gasteiger partial charge is 0.381 e. The summed E-state index contributed by atoms with van der Waals surface area (Å²) in [5.41, 5.74) is 7.67. The first kappa shape index (κ1) is 12.8. The second-order valence-electron chi connectivity index (χ2n) is 3.89. The normalized spacial score (nSPS) is 25.2. The average molecular weight is 223 g/mol. The van der Waals surface area contributed by atoms with Crippen LogP contribution in [0.1, 0.15) is 25.7 Å². The Hall–Kier alpha value is -1.28. The molecule has 1 aliphatic rings. The predicted molar refractivity (Wildman–Crippen MR) is 59.6 cm³/mol. The van der Waals surface area contributed by atoms with Crippen LogP contribution in [0.2, 0.25) is 0 Å². The first-order valence-electron chi connectivity index (χ1n) is 5.58. The van der Waals surface area contributed by atoms with Crippen molar-refractivity contribution in [2.24, 2.45) is 5.11 Å². The van der Waals surface area contributed by atoms with E-state index in [9.17, 15) is 5.26 Å². The zero-order chi connectivity index (χ0) is 11.7. The highest BCUT2D eigenvalue weighted by molar-refractivity contribution is 5.07. The molecule has 1 unspecified atom stereocenters. The third kappa shape index (κ3) is 4.07. The smallest absolute Gasteiger partial charge is 0.109 e. The van der Waals surface area contributed by atoms with Crippen molar-refractivity contribution in [1.82, 2.24) is 5.32 Å². The Kier molecular flexibility index (Phi) is 5.65. The van der Waals surface area contributed by atoms with Gasteiger partial charge in [0, 0.05) is 31.1 Å². The molecule has 88 valence electrons. The van der Waals surface area contributed by atoms with Crippen LogP contribution in [0.5, 0.6) is 0 Å². The van der Waals surface area contributed by atoms with Crippen LogP contribution in [0.4, 0.5) is 0 Å². The molecule has 6 heteroatoms. The predicted octanol–water partition coefficient (Wildman–Crippen LogP) is 1.74. The molecule has 0 aromatic heterocycles. The van der Waals surface area contributed by atoms with Gasteiger partial charge >= 0.3 is 0 Å². The lowest BCUT2D eigenvalue weighted by Crippen LogP contribution is -2.44. The lowest BCUT2D eigenvalue weighted by atomic mass is 9.92. The molecule has 0 aromatic rings. The van der Waals surface area contributed by atoms with Gasteiger partial charge in [-0.2, -0.15) is 5.26 Å². The molecule has 0 aliphatic carbocycles. The van der Waals surface area contributed by atoms with Crippen molar-refractivity contribution in [2.45, 2.75) is 31.2 Å². The van der Waals surface area contributed by atoms with E-state index in [1.807, 2.05) is 0 Å². The molecule has 1 fully saturated rings. The molecule has 1 atom stereocenters. The van der Waals surface area contributed by atoms with Gasteiger partial charge in [0.25, 0.3) is 0 Å². The Morgan fingerprint density at radius 2 is 2.38 bits per heavy atom. The number of hydrogen-bond acceptors (Lipinski definition) is 4. The summed E-state index contributed by atoms with van der Waals surface area (Å²) >= 11 is 0. The Morgan fingerprint density at radius 3 is 3.12 bits per heavy atom. The molecule has 1 heterocycles. The van der Waals surface area contributed by atoms with Crippen LogP contribution in [0.15, 0.2) is 5.11 Å². The van der Waals surface area contributed by atoms with E-state index in [0.717, 1.165) is 32.3 Å². The third-order valence-electron chi connectivity index (χ3n) is 2.74. The molecule has 16 heavy (non-hydrogen) atoms. The molecule has 1 aliphatic heterocycles. The van der Waals surface area contributed by atoms with Crippen molar-refractivity contribution < 1.29 is 4.74 Å². The number of azide groups is 1. The van der Waals surface area contributed by atoms with Crippen molar-refractivity contribution in [3.05, 3.63) is 10.4 Å². The van der Waals surface area contributed by atoms with E-state index in [1.165, 1.54) is 0 Å². The van der Waals surface area contributed by atoms with Gasteiger partial charge in [0.15, 0.2) is 0 Å². The Morgan fingerprint density at radius 1 is 1.50 bits per heavy atom. The zero-order valence-corrected chi connectivity index (χ0v) is 9.35. The van der Waals surface area contributed by atoms with E-state index >= 15 is 0 Å². The fourth-order valence-corrected chi connectivity index (χ4v) is 1.80. The number of ether oxygens (including phenoxy) is 1. The quantitative estimate of drug-likeness (QED) is 0.333. The molecule has 6 nitrogen and oxygen atoms in total. The fraction of sp³-hybridized carbons (Fsp3) is 0.900. The third-order valence-corrected chi connectivity index (χ3v) is 2.74. The number of nitriles is 1. The van der Waals surface area contributed by atoms with Gasteiger partial charge in [-0.3, -0.25) is 5.32 Å². The summed E-state index contributed by atoms with van der Waals surface area (Å²) in [6.45, 7) is 2.55. The van der Waals surface area contributed by atoms with Crippen LogP contribution in [0.3, 0.4) is 0 Å². The highest BCUT2D eigenvalue weighted by atomic mass is 16.5. The van der Waals surface area contributed by atoms with Gasteiger partial charge in [-0.05, 0) is 31.3 Å². The number of rotatable bonds is 5. The highest BCUT2D eigenvalue weighted by Crippen LogP contribution is 2.20. The second-order valence-corrected chi connectivity index (χ2v) is 3.89. The van der Waals surface area contributed by atoms with Crippen LogP contribution in [0.25, 0.3) is 10.4 Å². The topological polar surface area (TPSA) is 93.8 Å². The summed E-state index contributed by atoms with van der Waals surface area (Å²) in [6, 6.07) is 2.35. The summed E-state index contributed by atoms with van der Waals surface area (Å²) in [4.78, 5) is 2.68. The van der Waals surface area contributed by atoms with Crippen molar-refractivity contribution in [3.63, 3.8) is 0 Å². The zero-order valence-electron chi connectivity index (χ0n) is 9.35. The fourth-order valence-electron chi connectivity index (χ4n) is 1.80. The van der Waals surface area contributed by atoms with Crippen LogP contribution in [-0.4, -0.2) is 31.8 Å². The molecule has 0 amide bonds. The maximum atomic E-state index is 9.22. The molecular formula is C10H17N5O. The molecule has 0 saturated carbocycles. The average Bonchev–Trinajstić information content (AvgIpc) is 2.55. The molecule has 0 aromatic carbocycles. The van der Waals surface area contributed by atoms with Gasteiger partial charge in [-0.15, -0.1) is 0 Å². The maximum Gasteiger partial charge on any atom is 0.109 e. The first-order valence-corrected chi connectivity index (χ1v) is 5.58. The van der Waals surface area contributed by atoms with Gasteiger partial charge in [-0.25, -0.2) is 0 Å². The Labute approximate surface area is 95.2 Å². The van der Waals surface area contributed by atoms with E-state index in [4.69, 9.17) is 10.3 Å². The van der Waals surface area contributed by atoms with Gasteiger partial charge in [0.1, 0.15) is 5.54 Å². The maximum absolute atomic E-state index is 9.22. The lowest BCUT2D eigenvalue weighted by Gasteiger charge is -2.25. The van der Waals surface area contributed by atoms with Gasteiger partial charge in [0.2, 0.25) is 0 Å². The van der Waals surface area contributed by atoms with Gasteiger partial charge < -0.3 is 4.74 Å². The molecule has 0 bridgehead atoms. The van der Waals surface area contributed by atoms with Gasteiger partial charge in [0.05, 0.1) is 6.07 Å². The number of nitrogens with zero attached hydrogens (tertiary/aromatic N) is 4. The van der Waals surface area contributed by atoms with Crippen LogP contribution in [0, 0.1) is 11.3 Å². The monoisotopic (exact) mass is 223 g/mol. The summed E-state index contributed by atoms with van der Waals surface area (Å²) in [5.74, 6) is 0. The Balaban J connectivity index is 2.34. The standard InChI is InChI=1S/C10H17N5O/c11-9-10(3-1-7-16-8-4-10)13-5-2-6-14-15-12/h13H,1-8H2. The van der Waals surface area contributed by atoms with Crippen LogP contribution < -0.4 is 5.32 Å². The minimum atomic E-state index is -0.452. The second kappa shape index (κ2) is 7.07. The molecule has 1 rings (SSSR count). The minimum absolute atomic E-state index is 0.452. The van der Waals surface area contributed by atoms with Crippen LogP contribution in [-0.2, 0) is 4.74 Å². The Bertz CT molecular complexity index is 284. The number of hydrogen-bond donors (Lipinski definition) is 1. The minimum Gasteiger partial charge on any atom is -0.381 e. The van der Waals surface area contributed by atoms with E-state index in [1.54, 1.807) is 0 Å². The lowest BCUT2D eigenvalue weighted by molar-refractivity contribution is 0.140. The SMILES string of the molecule is N#CC1(NCCCN=[N+]=[N-])CCCOCC1. The molecule has 1 saturated heterocycles. The van der Waals surface area contributed by atoms with Crippen molar-refractivity contribution in [3.8, 4) is 6.07 Å². The first-order chi connectivity index (χ1) is 7.83. The highest BCUT2D eigenvalue weighted by Gasteiger charge is 2.30. The van der Waals surface area contributed by atoms with E-state index in [0.29, 0.717) is 19.7 Å². The molecule has 0 radical (unpaired) electrons. The summed E-state index contributed by atoms with van der Waals surface area (Å²) < 4.78 is 5.34. The summed E-state index contributed by atoms with van der Waals surface area (Å²) in [6.07, 6.45) is 3.22. The molecule has 0 spiro atoms.